The number of halogens is 4. The lowest BCUT2D eigenvalue weighted by Crippen LogP contribution is -2.09. The summed E-state index contributed by atoms with van der Waals surface area (Å²) in [6.07, 6.45) is -1.74. The number of nitrogens with zero attached hydrogens (tertiary/aromatic N) is 4. The first-order valence-electron chi connectivity index (χ1n) is 9.19. The van der Waals surface area contributed by atoms with Crippen molar-refractivity contribution >= 4 is 17.1 Å². The largest absolute Gasteiger partial charge is 0.433 e. The molecule has 0 atom stereocenters. The molecule has 0 radical (unpaired) electrons. The lowest BCUT2D eigenvalue weighted by Gasteiger charge is -2.09. The Morgan fingerprint density at radius 3 is 2.45 bits per heavy atom. The summed E-state index contributed by atoms with van der Waals surface area (Å²) in [6, 6.07) is 15.9. The zero-order chi connectivity index (χ0) is 21.8. The van der Waals surface area contributed by atoms with Crippen LogP contribution in [0.1, 0.15) is 11.4 Å². The second-order valence-corrected chi connectivity index (χ2v) is 6.59. The molecule has 158 valence electrons. The second kappa shape index (κ2) is 8.42. The third-order valence-electron chi connectivity index (χ3n) is 4.35. The molecule has 0 fully saturated rings. The Kier molecular flexibility index (Phi) is 5.52. The lowest BCUT2D eigenvalue weighted by atomic mass is 10.2. The van der Waals surface area contributed by atoms with Gasteiger partial charge in [0.15, 0.2) is 0 Å². The van der Waals surface area contributed by atoms with Gasteiger partial charge in [-0.15, -0.1) is 5.10 Å². The highest BCUT2D eigenvalue weighted by atomic mass is 19.4. The van der Waals surface area contributed by atoms with Crippen molar-refractivity contribution in [1.82, 2.24) is 20.0 Å². The number of benzene rings is 2. The van der Waals surface area contributed by atoms with E-state index in [0.29, 0.717) is 17.1 Å². The average molecular weight is 428 g/mol. The summed E-state index contributed by atoms with van der Waals surface area (Å²) < 4.78 is 53.5. The zero-order valence-corrected chi connectivity index (χ0v) is 15.9. The van der Waals surface area contributed by atoms with Crippen LogP contribution in [0.3, 0.4) is 0 Å². The fourth-order valence-corrected chi connectivity index (χ4v) is 2.81. The molecule has 0 spiro atoms. The van der Waals surface area contributed by atoms with Crippen molar-refractivity contribution in [1.29, 1.82) is 0 Å². The van der Waals surface area contributed by atoms with Gasteiger partial charge in [-0.25, -0.2) is 9.07 Å². The van der Waals surface area contributed by atoms with Crippen LogP contribution >= 0.6 is 0 Å². The number of aromatic nitrogens is 4. The van der Waals surface area contributed by atoms with Crippen LogP contribution in [0.15, 0.2) is 73.1 Å². The van der Waals surface area contributed by atoms with E-state index in [4.69, 9.17) is 0 Å². The molecule has 31 heavy (non-hydrogen) atoms. The molecule has 2 aromatic carbocycles. The molecule has 0 aliphatic heterocycles. The molecule has 0 amide bonds. The van der Waals surface area contributed by atoms with E-state index in [0.717, 1.165) is 18.0 Å². The number of pyridine rings is 1. The van der Waals surface area contributed by atoms with Crippen molar-refractivity contribution in [2.45, 2.75) is 12.7 Å². The molecular weight excluding hydrogens is 412 g/mol. The average Bonchev–Trinajstić information content (AvgIpc) is 3.23. The molecule has 0 aliphatic rings. The Balaban J connectivity index is 1.40. The SMILES string of the molecule is Fc1ccccc1Nc1ccc(-n2cc(CNc3ccnc(C(F)(F)F)c3)nn2)cc1. The van der Waals surface area contributed by atoms with Crippen LogP contribution in [0, 0.1) is 5.82 Å². The van der Waals surface area contributed by atoms with E-state index in [1.165, 1.54) is 16.8 Å². The van der Waals surface area contributed by atoms with Crippen molar-refractivity contribution in [2.24, 2.45) is 0 Å². The number of rotatable bonds is 6. The number of nitrogens with one attached hydrogen (secondary N) is 2. The van der Waals surface area contributed by atoms with E-state index in [1.54, 1.807) is 48.7 Å². The summed E-state index contributed by atoms with van der Waals surface area (Å²) in [5.74, 6) is -0.350. The molecule has 0 saturated heterocycles. The first-order valence-corrected chi connectivity index (χ1v) is 9.19. The monoisotopic (exact) mass is 428 g/mol. The quantitative estimate of drug-likeness (QED) is 0.415. The number of hydrogen-bond acceptors (Lipinski definition) is 5. The number of alkyl halides is 3. The molecular formula is C21H16F4N6. The normalized spacial score (nSPS) is 11.4. The maximum Gasteiger partial charge on any atom is 0.433 e. The van der Waals surface area contributed by atoms with E-state index >= 15 is 0 Å². The van der Waals surface area contributed by atoms with Crippen molar-refractivity contribution in [3.05, 3.63) is 90.3 Å². The molecule has 2 aromatic heterocycles. The van der Waals surface area contributed by atoms with Crippen LogP contribution in [-0.4, -0.2) is 20.0 Å². The van der Waals surface area contributed by atoms with E-state index in [1.807, 2.05) is 0 Å². The van der Waals surface area contributed by atoms with Crippen LogP contribution in [0.4, 0.5) is 34.6 Å². The predicted octanol–water partition coefficient (Wildman–Crippen LogP) is 5.18. The standard InChI is InChI=1S/C21H16F4N6/c22-18-3-1-2-4-19(18)28-14-5-7-17(8-6-14)31-13-16(29-30-31)12-27-15-9-10-26-20(11-15)21(23,24)25/h1-11,13,28H,12H2,(H,26,27). The van der Waals surface area contributed by atoms with Crippen molar-refractivity contribution in [3.8, 4) is 5.69 Å². The summed E-state index contributed by atoms with van der Waals surface area (Å²) in [5, 5.41) is 13.9. The molecule has 4 aromatic rings. The highest BCUT2D eigenvalue weighted by Gasteiger charge is 2.32. The molecule has 0 saturated carbocycles. The van der Waals surface area contributed by atoms with Gasteiger partial charge in [-0.3, -0.25) is 4.98 Å². The number of anilines is 3. The summed E-state index contributed by atoms with van der Waals surface area (Å²) in [5.41, 5.74) is 1.65. The van der Waals surface area contributed by atoms with E-state index in [9.17, 15) is 17.6 Å². The molecule has 0 bridgehead atoms. The number of para-hydroxylation sites is 1. The van der Waals surface area contributed by atoms with Gasteiger partial charge in [-0.1, -0.05) is 17.3 Å². The maximum atomic E-state index is 13.7. The Labute approximate surface area is 174 Å². The molecule has 0 aliphatic carbocycles. The first-order chi connectivity index (χ1) is 14.9. The van der Waals surface area contributed by atoms with Crippen molar-refractivity contribution in [2.75, 3.05) is 10.6 Å². The van der Waals surface area contributed by atoms with Gasteiger partial charge in [0, 0.05) is 17.6 Å². The van der Waals surface area contributed by atoms with Crippen LogP contribution in [0.25, 0.3) is 5.69 Å². The maximum absolute atomic E-state index is 13.7. The third kappa shape index (κ3) is 4.97. The van der Waals surface area contributed by atoms with E-state index in [-0.39, 0.29) is 18.0 Å². The minimum atomic E-state index is -4.51. The van der Waals surface area contributed by atoms with Gasteiger partial charge in [0.05, 0.1) is 24.1 Å². The van der Waals surface area contributed by atoms with Crippen LogP contribution < -0.4 is 10.6 Å². The lowest BCUT2D eigenvalue weighted by molar-refractivity contribution is -0.141. The molecule has 0 unspecified atom stereocenters. The van der Waals surface area contributed by atoms with Gasteiger partial charge in [0.2, 0.25) is 0 Å². The van der Waals surface area contributed by atoms with Gasteiger partial charge in [0.1, 0.15) is 17.2 Å². The van der Waals surface area contributed by atoms with E-state index < -0.39 is 11.9 Å². The van der Waals surface area contributed by atoms with Crippen molar-refractivity contribution in [3.63, 3.8) is 0 Å². The smallest absolute Gasteiger partial charge is 0.379 e. The van der Waals surface area contributed by atoms with Gasteiger partial charge >= 0.3 is 6.18 Å². The van der Waals surface area contributed by atoms with Crippen LogP contribution in [0.2, 0.25) is 0 Å². The Morgan fingerprint density at radius 1 is 0.935 bits per heavy atom. The summed E-state index contributed by atoms with van der Waals surface area (Å²) >= 11 is 0. The predicted molar refractivity (Wildman–Crippen MR) is 108 cm³/mol. The van der Waals surface area contributed by atoms with Gasteiger partial charge in [-0.2, -0.15) is 13.2 Å². The van der Waals surface area contributed by atoms with Gasteiger partial charge < -0.3 is 10.6 Å². The molecule has 2 N–H and O–H groups in total. The first kappa shape index (κ1) is 20.3. The van der Waals surface area contributed by atoms with Crippen LogP contribution in [-0.2, 0) is 12.7 Å². The summed E-state index contributed by atoms with van der Waals surface area (Å²) in [4.78, 5) is 3.32. The molecule has 4 rings (SSSR count). The summed E-state index contributed by atoms with van der Waals surface area (Å²) in [6.45, 7) is 0.189. The Morgan fingerprint density at radius 2 is 1.71 bits per heavy atom. The highest BCUT2D eigenvalue weighted by molar-refractivity contribution is 5.61. The minimum absolute atomic E-state index is 0.189. The highest BCUT2D eigenvalue weighted by Crippen LogP contribution is 2.29. The third-order valence-corrected chi connectivity index (χ3v) is 4.35. The van der Waals surface area contributed by atoms with Gasteiger partial charge in [0.25, 0.3) is 0 Å². The Hall–Kier alpha value is -3.95. The summed E-state index contributed by atoms with van der Waals surface area (Å²) in [7, 11) is 0. The molecule has 2 heterocycles. The molecule has 6 nitrogen and oxygen atoms in total. The fraction of sp³-hybridized carbons (Fsp3) is 0.0952. The van der Waals surface area contributed by atoms with Crippen molar-refractivity contribution < 1.29 is 17.6 Å². The minimum Gasteiger partial charge on any atom is -0.379 e. The number of hydrogen-bond donors (Lipinski definition) is 2. The topological polar surface area (TPSA) is 67.7 Å². The Bertz CT molecular complexity index is 1170. The zero-order valence-electron chi connectivity index (χ0n) is 15.9. The van der Waals surface area contributed by atoms with E-state index in [2.05, 4.69) is 25.9 Å². The van der Waals surface area contributed by atoms with Gasteiger partial charge in [-0.05, 0) is 48.5 Å². The molecule has 10 heteroatoms. The second-order valence-electron chi connectivity index (χ2n) is 6.59. The van der Waals surface area contributed by atoms with Crippen LogP contribution in [0.5, 0.6) is 0 Å². The fourth-order valence-electron chi connectivity index (χ4n) is 2.81.